The van der Waals surface area contributed by atoms with Crippen molar-refractivity contribution in [2.24, 2.45) is 0 Å². The van der Waals surface area contributed by atoms with E-state index in [1.807, 2.05) is 0 Å². The third kappa shape index (κ3) is 5.65. The van der Waals surface area contributed by atoms with Gasteiger partial charge in [0, 0.05) is 38.8 Å². The van der Waals surface area contributed by atoms with E-state index >= 15 is 0 Å². The fraction of sp³-hybridized carbons (Fsp3) is 0.647. The molecule has 1 aromatic carbocycles. The van der Waals surface area contributed by atoms with Crippen LogP contribution in [0.4, 0.5) is 13.2 Å². The summed E-state index contributed by atoms with van der Waals surface area (Å²) < 4.78 is 43.3. The van der Waals surface area contributed by atoms with E-state index in [-0.39, 0.29) is 12.4 Å². The fourth-order valence-corrected chi connectivity index (χ4v) is 2.77. The molecule has 7 heteroatoms. The molecule has 0 spiro atoms. The molecule has 0 bridgehead atoms. The van der Waals surface area contributed by atoms with Crippen molar-refractivity contribution < 1.29 is 23.0 Å². The van der Waals surface area contributed by atoms with E-state index in [1.165, 1.54) is 12.1 Å². The lowest BCUT2D eigenvalue weighted by molar-refractivity contribution is -0.137. The summed E-state index contributed by atoms with van der Waals surface area (Å²) in [6, 6.07) is 5.23. The second kappa shape index (κ2) is 8.18. The Balaban J connectivity index is 1.77. The maximum atomic E-state index is 12.6. The molecule has 0 saturated carbocycles. The number of benzene rings is 1. The first-order chi connectivity index (χ1) is 11.3. The van der Waals surface area contributed by atoms with Gasteiger partial charge in [-0.3, -0.25) is 9.80 Å². The van der Waals surface area contributed by atoms with E-state index in [9.17, 15) is 18.3 Å². The van der Waals surface area contributed by atoms with Crippen LogP contribution in [0, 0.1) is 0 Å². The highest BCUT2D eigenvalue weighted by atomic mass is 19.4. The first-order valence-electron chi connectivity index (χ1n) is 8.20. The SMILES string of the molecule is CC(C)N1CCN(CC(O)COc2cccc(C(F)(F)F)c2)CC1. The lowest BCUT2D eigenvalue weighted by Crippen LogP contribution is -2.51. The van der Waals surface area contributed by atoms with E-state index in [1.54, 1.807) is 0 Å². The highest BCUT2D eigenvalue weighted by molar-refractivity contribution is 5.30. The van der Waals surface area contributed by atoms with Gasteiger partial charge in [0.25, 0.3) is 0 Å². The summed E-state index contributed by atoms with van der Waals surface area (Å²) in [5, 5.41) is 10.1. The molecule has 1 heterocycles. The van der Waals surface area contributed by atoms with Crippen molar-refractivity contribution in [2.45, 2.75) is 32.2 Å². The van der Waals surface area contributed by atoms with Gasteiger partial charge in [0.05, 0.1) is 5.56 Å². The van der Waals surface area contributed by atoms with Gasteiger partial charge >= 0.3 is 6.18 Å². The largest absolute Gasteiger partial charge is 0.491 e. The van der Waals surface area contributed by atoms with Crippen LogP contribution in [-0.4, -0.2) is 66.4 Å². The molecule has 1 aliphatic rings. The fourth-order valence-electron chi connectivity index (χ4n) is 2.77. The third-order valence-corrected chi connectivity index (χ3v) is 4.21. The molecule has 1 N–H and O–H groups in total. The van der Waals surface area contributed by atoms with Gasteiger partial charge in [0.15, 0.2) is 0 Å². The van der Waals surface area contributed by atoms with E-state index < -0.39 is 17.8 Å². The van der Waals surface area contributed by atoms with Gasteiger partial charge in [0.2, 0.25) is 0 Å². The van der Waals surface area contributed by atoms with Crippen molar-refractivity contribution in [3.8, 4) is 5.75 Å². The Labute approximate surface area is 140 Å². The number of halogens is 3. The summed E-state index contributed by atoms with van der Waals surface area (Å²) in [5.74, 6) is 0.119. The average molecular weight is 346 g/mol. The number of hydrogen-bond acceptors (Lipinski definition) is 4. The van der Waals surface area contributed by atoms with Crippen molar-refractivity contribution in [2.75, 3.05) is 39.3 Å². The summed E-state index contributed by atoms with van der Waals surface area (Å²) in [6.45, 7) is 8.42. The Morgan fingerprint density at radius 2 is 1.83 bits per heavy atom. The van der Waals surface area contributed by atoms with E-state index in [0.717, 1.165) is 38.3 Å². The summed E-state index contributed by atoms with van der Waals surface area (Å²) in [4.78, 5) is 4.53. The number of rotatable bonds is 6. The third-order valence-electron chi connectivity index (χ3n) is 4.21. The monoisotopic (exact) mass is 346 g/mol. The number of aliphatic hydroxyl groups excluding tert-OH is 1. The Hall–Kier alpha value is -1.31. The molecule has 4 nitrogen and oxygen atoms in total. The molecular formula is C17H25F3N2O2. The predicted octanol–water partition coefficient (Wildman–Crippen LogP) is 2.47. The normalized spacial score (nSPS) is 18.8. The number of nitrogens with zero attached hydrogens (tertiary/aromatic N) is 2. The molecule has 0 amide bonds. The number of piperazine rings is 1. The first-order valence-corrected chi connectivity index (χ1v) is 8.20. The molecule has 1 aliphatic heterocycles. The Morgan fingerprint density at radius 3 is 2.42 bits per heavy atom. The van der Waals surface area contributed by atoms with Crippen LogP contribution in [0.3, 0.4) is 0 Å². The van der Waals surface area contributed by atoms with Gasteiger partial charge in [-0.2, -0.15) is 13.2 Å². The van der Waals surface area contributed by atoms with E-state index in [2.05, 4.69) is 23.6 Å². The molecule has 136 valence electrons. The topological polar surface area (TPSA) is 35.9 Å². The van der Waals surface area contributed by atoms with Crippen LogP contribution in [-0.2, 0) is 6.18 Å². The zero-order valence-corrected chi connectivity index (χ0v) is 14.1. The van der Waals surface area contributed by atoms with Gasteiger partial charge in [-0.05, 0) is 32.0 Å². The number of alkyl halides is 3. The average Bonchev–Trinajstić information content (AvgIpc) is 2.53. The molecule has 24 heavy (non-hydrogen) atoms. The lowest BCUT2D eigenvalue weighted by atomic mass is 10.2. The van der Waals surface area contributed by atoms with Crippen LogP contribution in [0.25, 0.3) is 0 Å². The van der Waals surface area contributed by atoms with Crippen molar-refractivity contribution in [1.29, 1.82) is 0 Å². The molecule has 1 aromatic rings. The molecule has 1 fully saturated rings. The minimum Gasteiger partial charge on any atom is -0.491 e. The summed E-state index contributed by atoms with van der Waals surface area (Å²) >= 11 is 0. The smallest absolute Gasteiger partial charge is 0.416 e. The number of ether oxygens (including phenoxy) is 1. The van der Waals surface area contributed by atoms with Gasteiger partial charge < -0.3 is 9.84 Å². The minimum absolute atomic E-state index is 0.0221. The summed E-state index contributed by atoms with van der Waals surface area (Å²) in [7, 11) is 0. The van der Waals surface area contributed by atoms with Crippen LogP contribution in [0.1, 0.15) is 19.4 Å². The number of aliphatic hydroxyl groups is 1. The molecular weight excluding hydrogens is 321 g/mol. The Bertz CT molecular complexity index is 515. The van der Waals surface area contributed by atoms with Gasteiger partial charge in [0.1, 0.15) is 18.5 Å². The Morgan fingerprint density at radius 1 is 1.17 bits per heavy atom. The van der Waals surface area contributed by atoms with Crippen LogP contribution in [0.2, 0.25) is 0 Å². The molecule has 2 rings (SSSR count). The maximum Gasteiger partial charge on any atom is 0.416 e. The lowest BCUT2D eigenvalue weighted by Gasteiger charge is -2.37. The highest BCUT2D eigenvalue weighted by Gasteiger charge is 2.30. The number of hydrogen-bond donors (Lipinski definition) is 1. The second-order valence-corrected chi connectivity index (χ2v) is 6.42. The van der Waals surface area contributed by atoms with Crippen molar-refractivity contribution in [3.63, 3.8) is 0 Å². The summed E-state index contributed by atoms with van der Waals surface area (Å²) in [5.41, 5.74) is -0.751. The number of β-amino-alcohol motifs (C(OH)–C–C–N with tert-alkyl or cyclic N) is 1. The van der Waals surface area contributed by atoms with Crippen LogP contribution >= 0.6 is 0 Å². The van der Waals surface area contributed by atoms with Gasteiger partial charge in [-0.1, -0.05) is 6.07 Å². The zero-order chi connectivity index (χ0) is 17.7. The van der Waals surface area contributed by atoms with Crippen LogP contribution < -0.4 is 4.74 Å². The molecule has 1 unspecified atom stereocenters. The molecule has 0 aliphatic carbocycles. The minimum atomic E-state index is -4.39. The van der Waals surface area contributed by atoms with Gasteiger partial charge in [-0.25, -0.2) is 0 Å². The molecule has 1 saturated heterocycles. The van der Waals surface area contributed by atoms with Crippen molar-refractivity contribution in [3.05, 3.63) is 29.8 Å². The quantitative estimate of drug-likeness (QED) is 0.858. The Kier molecular flexibility index (Phi) is 6.48. The van der Waals surface area contributed by atoms with Crippen molar-refractivity contribution >= 4 is 0 Å². The van der Waals surface area contributed by atoms with E-state index in [0.29, 0.717) is 12.6 Å². The maximum absolute atomic E-state index is 12.6. The highest BCUT2D eigenvalue weighted by Crippen LogP contribution is 2.31. The first kappa shape index (κ1) is 19.0. The molecule has 1 atom stereocenters. The van der Waals surface area contributed by atoms with Crippen LogP contribution in [0.5, 0.6) is 5.75 Å². The van der Waals surface area contributed by atoms with E-state index in [4.69, 9.17) is 4.74 Å². The van der Waals surface area contributed by atoms with Gasteiger partial charge in [-0.15, -0.1) is 0 Å². The molecule has 0 aromatic heterocycles. The second-order valence-electron chi connectivity index (χ2n) is 6.42. The van der Waals surface area contributed by atoms with Crippen LogP contribution in [0.15, 0.2) is 24.3 Å². The standard InChI is InChI=1S/C17H25F3N2O2/c1-13(2)22-8-6-21(7-9-22)11-15(23)12-24-16-5-3-4-14(10-16)17(18,19)20/h3-5,10,13,15,23H,6-9,11-12H2,1-2H3. The zero-order valence-electron chi connectivity index (χ0n) is 14.1. The molecule has 0 radical (unpaired) electrons. The van der Waals surface area contributed by atoms with Crippen molar-refractivity contribution in [1.82, 2.24) is 9.80 Å². The predicted molar refractivity (Wildman–Crippen MR) is 86.1 cm³/mol. The summed E-state index contributed by atoms with van der Waals surface area (Å²) in [6.07, 6.45) is -5.13.